The fourth-order valence-electron chi connectivity index (χ4n) is 3.42. The summed E-state index contributed by atoms with van der Waals surface area (Å²) in [6.07, 6.45) is 9.40. The Balaban J connectivity index is 2.69. The molecule has 0 aromatic heterocycles. The van der Waals surface area contributed by atoms with Crippen LogP contribution in [0.4, 0.5) is 0 Å². The van der Waals surface area contributed by atoms with Crippen molar-refractivity contribution in [2.75, 3.05) is 0 Å². The van der Waals surface area contributed by atoms with Crippen LogP contribution in [0.5, 0.6) is 0 Å². The van der Waals surface area contributed by atoms with E-state index < -0.39 is 17.5 Å². The third kappa shape index (κ3) is 5.52. The van der Waals surface area contributed by atoms with Crippen molar-refractivity contribution in [1.29, 1.82) is 0 Å². The molecule has 4 nitrogen and oxygen atoms in total. The summed E-state index contributed by atoms with van der Waals surface area (Å²) in [6, 6.07) is 0. The Morgan fingerprint density at radius 3 is 2.29 bits per heavy atom. The molecule has 1 rings (SSSR count). The van der Waals surface area contributed by atoms with E-state index in [-0.39, 0.29) is 0 Å². The average molecular weight is 296 g/mol. The number of hydrogen-bond donors (Lipinski definition) is 1. The van der Waals surface area contributed by atoms with E-state index >= 15 is 0 Å². The summed E-state index contributed by atoms with van der Waals surface area (Å²) in [5.74, 6) is -0.504. The maximum Gasteiger partial charge on any atom is 0.331 e. The Bertz CT molecular complexity index is 380. The normalized spacial score (nSPS) is 25.5. The van der Waals surface area contributed by atoms with Crippen LogP contribution in [0.1, 0.15) is 65.7 Å². The number of hydrogen-bond acceptors (Lipinski definition) is 3. The fourth-order valence-corrected chi connectivity index (χ4v) is 3.42. The van der Waals surface area contributed by atoms with Crippen LogP contribution in [0.2, 0.25) is 0 Å². The molecule has 1 unspecified atom stereocenters. The summed E-state index contributed by atoms with van der Waals surface area (Å²) < 4.78 is 5.65. The van der Waals surface area contributed by atoms with Crippen molar-refractivity contribution in [1.82, 2.24) is 0 Å². The number of rotatable bonds is 7. The fraction of sp³-hybridized carbons (Fsp3) is 0.765. The highest BCUT2D eigenvalue weighted by atomic mass is 16.6. The van der Waals surface area contributed by atoms with Crippen molar-refractivity contribution in [3.8, 4) is 0 Å². The van der Waals surface area contributed by atoms with Crippen molar-refractivity contribution in [2.24, 2.45) is 11.8 Å². The van der Waals surface area contributed by atoms with E-state index in [2.05, 4.69) is 13.8 Å². The van der Waals surface area contributed by atoms with Gasteiger partial charge < -0.3 is 9.84 Å². The molecule has 1 saturated carbocycles. The summed E-state index contributed by atoms with van der Waals surface area (Å²) in [6.45, 7) is 6.31. The quantitative estimate of drug-likeness (QED) is 0.571. The Labute approximate surface area is 127 Å². The van der Waals surface area contributed by atoms with Crippen LogP contribution in [0.15, 0.2) is 12.2 Å². The summed E-state index contributed by atoms with van der Waals surface area (Å²) in [5, 5.41) is 8.57. The van der Waals surface area contributed by atoms with Gasteiger partial charge in [-0.15, -0.1) is 0 Å². The van der Waals surface area contributed by atoms with Gasteiger partial charge in [0.2, 0.25) is 0 Å². The van der Waals surface area contributed by atoms with Crippen LogP contribution in [-0.4, -0.2) is 22.6 Å². The largest absolute Gasteiger partial charge is 0.478 e. The number of aliphatic carboxylic acids is 1. The van der Waals surface area contributed by atoms with Gasteiger partial charge in [0.05, 0.1) is 0 Å². The van der Waals surface area contributed by atoms with Crippen LogP contribution in [-0.2, 0) is 14.3 Å². The highest BCUT2D eigenvalue weighted by Gasteiger charge is 2.38. The smallest absolute Gasteiger partial charge is 0.331 e. The summed E-state index contributed by atoms with van der Waals surface area (Å²) in [7, 11) is 0. The molecule has 0 aromatic rings. The van der Waals surface area contributed by atoms with Crippen LogP contribution in [0.3, 0.4) is 0 Å². The van der Waals surface area contributed by atoms with E-state index in [1.165, 1.54) is 19.3 Å². The third-order valence-electron chi connectivity index (χ3n) is 4.73. The molecule has 0 spiro atoms. The first-order valence-electron chi connectivity index (χ1n) is 8.05. The van der Waals surface area contributed by atoms with Crippen LogP contribution in [0, 0.1) is 11.8 Å². The zero-order valence-electron chi connectivity index (χ0n) is 13.4. The Morgan fingerprint density at radius 2 is 1.81 bits per heavy atom. The molecule has 1 atom stereocenters. The molecule has 0 aromatic carbocycles. The molecule has 1 aliphatic rings. The van der Waals surface area contributed by atoms with Crippen molar-refractivity contribution in [3.05, 3.63) is 12.2 Å². The standard InChI is InChI=1S/C17H28O4/c1-4-12-17(3,21-16(20)11-10-15(18)19)14-8-6-13(5-2)7-9-14/h10-11,13-14H,4-9,12H2,1-3H3,(H,18,19)/b11-10+. The van der Waals surface area contributed by atoms with Gasteiger partial charge in [-0.05, 0) is 38.0 Å². The van der Waals surface area contributed by atoms with Gasteiger partial charge >= 0.3 is 11.9 Å². The zero-order valence-corrected chi connectivity index (χ0v) is 13.4. The Morgan fingerprint density at radius 1 is 1.19 bits per heavy atom. The molecule has 0 heterocycles. The first-order valence-corrected chi connectivity index (χ1v) is 8.05. The van der Waals surface area contributed by atoms with E-state index in [4.69, 9.17) is 9.84 Å². The molecule has 1 fully saturated rings. The molecule has 21 heavy (non-hydrogen) atoms. The number of esters is 1. The van der Waals surface area contributed by atoms with Crippen molar-refractivity contribution in [2.45, 2.75) is 71.3 Å². The van der Waals surface area contributed by atoms with Crippen molar-refractivity contribution in [3.63, 3.8) is 0 Å². The van der Waals surface area contributed by atoms with Gasteiger partial charge in [-0.3, -0.25) is 0 Å². The SMILES string of the molecule is CCCC(C)(OC(=O)/C=C/C(=O)O)C1CCC(CC)CC1. The maximum absolute atomic E-state index is 11.8. The molecule has 0 amide bonds. The number of carbonyl (C=O) groups is 2. The molecule has 1 N–H and O–H groups in total. The molecule has 4 heteroatoms. The first kappa shape index (κ1) is 17.7. The Hall–Kier alpha value is -1.32. The lowest BCUT2D eigenvalue weighted by Crippen LogP contribution is -2.41. The highest BCUT2D eigenvalue weighted by Crippen LogP contribution is 2.40. The van der Waals surface area contributed by atoms with Crippen LogP contribution >= 0.6 is 0 Å². The van der Waals surface area contributed by atoms with Gasteiger partial charge in [0, 0.05) is 12.2 Å². The van der Waals surface area contributed by atoms with E-state index in [1.807, 2.05) is 6.92 Å². The lowest BCUT2D eigenvalue weighted by atomic mass is 9.72. The van der Waals surface area contributed by atoms with Gasteiger partial charge in [-0.25, -0.2) is 9.59 Å². The highest BCUT2D eigenvalue weighted by molar-refractivity contribution is 5.90. The lowest BCUT2D eigenvalue weighted by molar-refractivity contribution is -0.161. The van der Waals surface area contributed by atoms with E-state index in [9.17, 15) is 9.59 Å². The van der Waals surface area contributed by atoms with Gasteiger partial charge in [-0.1, -0.05) is 39.5 Å². The second-order valence-electron chi connectivity index (χ2n) is 6.28. The molecular formula is C17H28O4. The molecule has 0 bridgehead atoms. The van der Waals surface area contributed by atoms with Gasteiger partial charge in [0.1, 0.15) is 5.60 Å². The van der Waals surface area contributed by atoms with Crippen LogP contribution in [0.25, 0.3) is 0 Å². The molecule has 120 valence electrons. The Kier molecular flexibility index (Phi) is 6.93. The average Bonchev–Trinajstić information content (AvgIpc) is 2.45. The van der Waals surface area contributed by atoms with E-state index in [0.29, 0.717) is 5.92 Å². The predicted octanol–water partition coefficient (Wildman–Crippen LogP) is 3.95. The minimum atomic E-state index is -1.13. The van der Waals surface area contributed by atoms with Gasteiger partial charge in [-0.2, -0.15) is 0 Å². The minimum Gasteiger partial charge on any atom is -0.478 e. The van der Waals surface area contributed by atoms with Gasteiger partial charge in [0.25, 0.3) is 0 Å². The lowest BCUT2D eigenvalue weighted by Gasteiger charge is -2.40. The predicted molar refractivity (Wildman–Crippen MR) is 81.9 cm³/mol. The maximum atomic E-state index is 11.8. The summed E-state index contributed by atoms with van der Waals surface area (Å²) in [4.78, 5) is 22.3. The number of carboxylic acids is 1. The molecule has 1 aliphatic carbocycles. The van der Waals surface area contributed by atoms with Crippen molar-refractivity contribution < 1.29 is 19.4 Å². The molecule has 0 aliphatic heterocycles. The summed E-state index contributed by atoms with van der Waals surface area (Å²) in [5.41, 5.74) is -0.479. The number of carboxylic acid groups (broad SMARTS) is 1. The molecule has 0 saturated heterocycles. The van der Waals surface area contributed by atoms with E-state index in [0.717, 1.165) is 43.8 Å². The zero-order chi connectivity index (χ0) is 15.9. The number of carbonyl (C=O) groups excluding carboxylic acids is 1. The molecule has 0 radical (unpaired) electrons. The second-order valence-corrected chi connectivity index (χ2v) is 6.28. The van der Waals surface area contributed by atoms with Crippen LogP contribution < -0.4 is 0 Å². The summed E-state index contributed by atoms with van der Waals surface area (Å²) >= 11 is 0. The topological polar surface area (TPSA) is 63.6 Å². The third-order valence-corrected chi connectivity index (χ3v) is 4.73. The molecular weight excluding hydrogens is 268 g/mol. The first-order chi connectivity index (χ1) is 9.91. The number of ether oxygens (including phenoxy) is 1. The second kappa shape index (κ2) is 8.20. The van der Waals surface area contributed by atoms with Gasteiger partial charge in [0.15, 0.2) is 0 Å². The van der Waals surface area contributed by atoms with Crippen molar-refractivity contribution >= 4 is 11.9 Å². The monoisotopic (exact) mass is 296 g/mol. The van der Waals surface area contributed by atoms with E-state index in [1.54, 1.807) is 0 Å². The minimum absolute atomic E-state index is 0.377.